The second-order valence-corrected chi connectivity index (χ2v) is 6.51. The number of hydrogen-bond acceptors (Lipinski definition) is 3. The van der Waals surface area contributed by atoms with Gasteiger partial charge in [-0.05, 0) is 35.4 Å². The molecule has 0 aliphatic carbocycles. The van der Waals surface area contributed by atoms with Crippen LogP contribution in [0, 0.1) is 0 Å². The van der Waals surface area contributed by atoms with Gasteiger partial charge in [0.15, 0.2) is 0 Å². The number of carbonyl (C=O) groups excluding carboxylic acids is 1. The molecule has 1 fully saturated rings. The van der Waals surface area contributed by atoms with Gasteiger partial charge in [-0.25, -0.2) is 0 Å². The third-order valence-corrected chi connectivity index (χ3v) is 4.86. The van der Waals surface area contributed by atoms with Crippen LogP contribution in [0.25, 0.3) is 0 Å². The predicted octanol–water partition coefficient (Wildman–Crippen LogP) is 2.97. The molecule has 0 atom stereocenters. The molecule has 2 aromatic rings. The van der Waals surface area contributed by atoms with Gasteiger partial charge in [0.25, 0.3) is 5.91 Å². The summed E-state index contributed by atoms with van der Waals surface area (Å²) >= 11 is 0. The molecule has 0 radical (unpaired) electrons. The van der Waals surface area contributed by atoms with Crippen molar-refractivity contribution in [2.45, 2.75) is 32.0 Å². The third kappa shape index (κ3) is 3.15. The van der Waals surface area contributed by atoms with E-state index in [0.29, 0.717) is 0 Å². The number of ether oxygens (including phenoxy) is 1. The highest BCUT2D eigenvalue weighted by molar-refractivity contribution is 5.94. The van der Waals surface area contributed by atoms with Crippen LogP contribution in [0.4, 0.5) is 0 Å². The molecule has 0 spiro atoms. The molecule has 1 N–H and O–H groups in total. The topological polar surface area (TPSA) is 41.6 Å². The molecule has 2 heterocycles. The van der Waals surface area contributed by atoms with Crippen molar-refractivity contribution in [1.29, 1.82) is 0 Å². The number of piperidine rings is 1. The number of rotatable bonds is 3. The van der Waals surface area contributed by atoms with Crippen LogP contribution in [0.1, 0.15) is 34.3 Å². The monoisotopic (exact) mass is 322 g/mol. The van der Waals surface area contributed by atoms with Crippen molar-refractivity contribution in [2.75, 3.05) is 13.1 Å². The summed E-state index contributed by atoms with van der Waals surface area (Å²) in [5, 5.41) is 3.32. The van der Waals surface area contributed by atoms with Crippen molar-refractivity contribution >= 4 is 5.91 Å². The van der Waals surface area contributed by atoms with Crippen LogP contribution in [0.15, 0.2) is 48.5 Å². The van der Waals surface area contributed by atoms with Gasteiger partial charge in [0, 0.05) is 44.6 Å². The second kappa shape index (κ2) is 6.65. The Balaban J connectivity index is 1.36. The molecule has 2 aliphatic rings. The predicted molar refractivity (Wildman–Crippen MR) is 93.0 cm³/mol. The Labute approximate surface area is 142 Å². The molecule has 0 aromatic heterocycles. The summed E-state index contributed by atoms with van der Waals surface area (Å²) in [5.41, 5.74) is 3.37. The highest BCUT2D eigenvalue weighted by Crippen LogP contribution is 2.22. The Morgan fingerprint density at radius 2 is 1.75 bits per heavy atom. The standard InChI is InChI=1S/C20H22N2O2/c23-20(15-6-7-16-13-21-14-17(16)12-15)22-10-8-19(9-11-22)24-18-4-2-1-3-5-18/h1-7,12,19,21H,8-11,13-14H2. The molecule has 2 aromatic carbocycles. The normalized spacial score (nSPS) is 17.6. The van der Waals surface area contributed by atoms with Crippen LogP contribution in [0.2, 0.25) is 0 Å². The van der Waals surface area contributed by atoms with E-state index in [2.05, 4.69) is 11.4 Å². The molecule has 2 aliphatic heterocycles. The van der Waals surface area contributed by atoms with Crippen molar-refractivity contribution in [1.82, 2.24) is 10.2 Å². The molecule has 24 heavy (non-hydrogen) atoms. The van der Waals surface area contributed by atoms with Crippen LogP contribution in [-0.4, -0.2) is 30.0 Å². The maximum Gasteiger partial charge on any atom is 0.253 e. The first-order chi connectivity index (χ1) is 11.8. The number of fused-ring (bicyclic) bond motifs is 1. The number of benzene rings is 2. The summed E-state index contributed by atoms with van der Waals surface area (Å²) in [5.74, 6) is 1.05. The lowest BCUT2D eigenvalue weighted by atomic mass is 10.0. The minimum absolute atomic E-state index is 0.142. The molecule has 124 valence electrons. The van der Waals surface area contributed by atoms with E-state index >= 15 is 0 Å². The average Bonchev–Trinajstić information content (AvgIpc) is 3.10. The minimum atomic E-state index is 0.142. The number of hydrogen-bond donors (Lipinski definition) is 1. The fourth-order valence-corrected chi connectivity index (χ4v) is 3.48. The van der Waals surface area contributed by atoms with E-state index in [-0.39, 0.29) is 12.0 Å². The highest BCUT2D eigenvalue weighted by atomic mass is 16.5. The first kappa shape index (κ1) is 15.2. The van der Waals surface area contributed by atoms with E-state index in [1.54, 1.807) is 0 Å². The van der Waals surface area contributed by atoms with Crippen molar-refractivity contribution < 1.29 is 9.53 Å². The van der Waals surface area contributed by atoms with Gasteiger partial charge in [-0.1, -0.05) is 24.3 Å². The van der Waals surface area contributed by atoms with E-state index < -0.39 is 0 Å². The van der Waals surface area contributed by atoms with Crippen LogP contribution < -0.4 is 10.1 Å². The molecule has 4 nitrogen and oxygen atoms in total. The van der Waals surface area contributed by atoms with E-state index in [0.717, 1.165) is 50.3 Å². The quantitative estimate of drug-likeness (QED) is 0.944. The molecule has 4 heteroatoms. The largest absolute Gasteiger partial charge is 0.490 e. The smallest absolute Gasteiger partial charge is 0.253 e. The van der Waals surface area contributed by atoms with Gasteiger partial charge in [0.1, 0.15) is 11.9 Å². The molecular formula is C20H22N2O2. The molecule has 0 unspecified atom stereocenters. The Kier molecular flexibility index (Phi) is 4.22. The highest BCUT2D eigenvalue weighted by Gasteiger charge is 2.25. The lowest BCUT2D eigenvalue weighted by Crippen LogP contribution is -2.41. The fraction of sp³-hybridized carbons (Fsp3) is 0.350. The zero-order valence-corrected chi connectivity index (χ0v) is 13.7. The molecular weight excluding hydrogens is 300 g/mol. The summed E-state index contributed by atoms with van der Waals surface area (Å²) in [7, 11) is 0. The van der Waals surface area contributed by atoms with Crippen molar-refractivity contribution in [3.8, 4) is 5.75 Å². The maximum atomic E-state index is 12.7. The van der Waals surface area contributed by atoms with Crippen LogP contribution in [0.5, 0.6) is 5.75 Å². The van der Waals surface area contributed by atoms with Crippen LogP contribution in [0.3, 0.4) is 0 Å². The first-order valence-corrected chi connectivity index (χ1v) is 8.63. The maximum absolute atomic E-state index is 12.7. The number of likely N-dealkylation sites (tertiary alicyclic amines) is 1. The Bertz CT molecular complexity index is 722. The van der Waals surface area contributed by atoms with Gasteiger partial charge in [0.05, 0.1) is 0 Å². The van der Waals surface area contributed by atoms with Crippen LogP contribution >= 0.6 is 0 Å². The van der Waals surface area contributed by atoms with E-state index in [1.165, 1.54) is 11.1 Å². The Morgan fingerprint density at radius 1 is 1.00 bits per heavy atom. The van der Waals surface area contributed by atoms with Gasteiger partial charge < -0.3 is 15.0 Å². The van der Waals surface area contributed by atoms with E-state index in [9.17, 15) is 4.79 Å². The summed E-state index contributed by atoms with van der Waals surface area (Å²) in [6.07, 6.45) is 1.96. The van der Waals surface area contributed by atoms with Gasteiger partial charge in [-0.2, -0.15) is 0 Å². The minimum Gasteiger partial charge on any atom is -0.490 e. The van der Waals surface area contributed by atoms with Crippen molar-refractivity contribution in [3.05, 3.63) is 65.2 Å². The molecule has 1 saturated heterocycles. The average molecular weight is 322 g/mol. The molecule has 0 bridgehead atoms. The van der Waals surface area contributed by atoms with Gasteiger partial charge in [-0.3, -0.25) is 4.79 Å². The van der Waals surface area contributed by atoms with Crippen molar-refractivity contribution in [2.24, 2.45) is 0 Å². The fourth-order valence-electron chi connectivity index (χ4n) is 3.48. The lowest BCUT2D eigenvalue weighted by Gasteiger charge is -2.32. The van der Waals surface area contributed by atoms with Gasteiger partial charge in [-0.15, -0.1) is 0 Å². The lowest BCUT2D eigenvalue weighted by molar-refractivity contribution is 0.0595. The second-order valence-electron chi connectivity index (χ2n) is 6.51. The van der Waals surface area contributed by atoms with E-state index in [1.807, 2.05) is 47.4 Å². The number of para-hydroxylation sites is 1. The number of nitrogens with zero attached hydrogens (tertiary/aromatic N) is 1. The first-order valence-electron chi connectivity index (χ1n) is 8.63. The Hall–Kier alpha value is -2.33. The number of nitrogens with one attached hydrogen (secondary N) is 1. The zero-order valence-electron chi connectivity index (χ0n) is 13.7. The Morgan fingerprint density at radius 3 is 2.54 bits per heavy atom. The summed E-state index contributed by atoms with van der Waals surface area (Å²) < 4.78 is 6.00. The summed E-state index contributed by atoms with van der Waals surface area (Å²) in [4.78, 5) is 14.7. The summed E-state index contributed by atoms with van der Waals surface area (Å²) in [6, 6.07) is 16.0. The van der Waals surface area contributed by atoms with Crippen LogP contribution in [-0.2, 0) is 13.1 Å². The summed E-state index contributed by atoms with van der Waals surface area (Å²) in [6.45, 7) is 3.28. The molecule has 4 rings (SSSR count). The van der Waals surface area contributed by atoms with Crippen molar-refractivity contribution in [3.63, 3.8) is 0 Å². The van der Waals surface area contributed by atoms with E-state index in [4.69, 9.17) is 4.74 Å². The SMILES string of the molecule is O=C(c1ccc2c(c1)CNC2)N1CCC(Oc2ccccc2)CC1. The number of amides is 1. The molecule has 1 amide bonds. The van der Waals surface area contributed by atoms with Gasteiger partial charge >= 0.3 is 0 Å². The van der Waals surface area contributed by atoms with Gasteiger partial charge in [0.2, 0.25) is 0 Å². The third-order valence-electron chi connectivity index (χ3n) is 4.86. The number of carbonyl (C=O) groups is 1. The zero-order chi connectivity index (χ0) is 16.4. The molecule has 0 saturated carbocycles.